The van der Waals surface area contributed by atoms with E-state index >= 15 is 0 Å². The molecule has 0 bridgehead atoms. The molecule has 0 amide bonds. The number of pyridine rings is 1. The van der Waals surface area contributed by atoms with E-state index in [1.54, 1.807) is 0 Å². The van der Waals surface area contributed by atoms with Crippen LogP contribution in [0.5, 0.6) is 0 Å². The minimum atomic E-state index is 0.988. The zero-order valence-electron chi connectivity index (χ0n) is 22.3. The lowest BCUT2D eigenvalue weighted by atomic mass is 9.96. The van der Waals surface area contributed by atoms with Crippen LogP contribution < -0.4 is 0 Å². The van der Waals surface area contributed by atoms with Gasteiger partial charge >= 0.3 is 0 Å². The van der Waals surface area contributed by atoms with Crippen LogP contribution in [0.4, 0.5) is 0 Å². The van der Waals surface area contributed by atoms with Crippen LogP contribution >= 0.6 is 0 Å². The van der Waals surface area contributed by atoms with Crippen molar-refractivity contribution in [2.75, 3.05) is 0 Å². The number of para-hydroxylation sites is 2. The molecule has 9 rings (SSSR count). The molecule has 0 aliphatic heterocycles. The molecule has 2 nitrogen and oxygen atoms in total. The molecular formula is C39H24N2. The summed E-state index contributed by atoms with van der Waals surface area (Å²) < 4.78 is 2.38. The smallest absolute Gasteiger partial charge is 0.0794 e. The van der Waals surface area contributed by atoms with E-state index in [1.807, 2.05) is 0 Å². The first-order valence-corrected chi connectivity index (χ1v) is 14.1. The van der Waals surface area contributed by atoms with Crippen molar-refractivity contribution in [2.24, 2.45) is 0 Å². The summed E-state index contributed by atoms with van der Waals surface area (Å²) in [4.78, 5) is 5.28. The van der Waals surface area contributed by atoms with Crippen LogP contribution in [0.25, 0.3) is 82.0 Å². The number of aromatic nitrogens is 2. The second-order valence-corrected chi connectivity index (χ2v) is 10.8. The third kappa shape index (κ3) is 3.28. The zero-order valence-corrected chi connectivity index (χ0v) is 22.3. The van der Waals surface area contributed by atoms with Crippen molar-refractivity contribution in [3.05, 3.63) is 146 Å². The van der Waals surface area contributed by atoms with Gasteiger partial charge in [0, 0.05) is 32.8 Å². The minimum Gasteiger partial charge on any atom is -0.309 e. The van der Waals surface area contributed by atoms with Crippen molar-refractivity contribution in [1.29, 1.82) is 0 Å². The van der Waals surface area contributed by atoms with Crippen molar-refractivity contribution >= 4 is 65.0 Å². The molecule has 0 atom stereocenters. The van der Waals surface area contributed by atoms with E-state index in [-0.39, 0.29) is 0 Å². The maximum atomic E-state index is 5.28. The van der Waals surface area contributed by atoms with Crippen molar-refractivity contribution < 1.29 is 0 Å². The van der Waals surface area contributed by atoms with Gasteiger partial charge in [-0.3, -0.25) is 0 Å². The quantitative estimate of drug-likeness (QED) is 0.207. The molecule has 0 N–H and O–H groups in total. The molecule has 9 aromatic rings. The molecular weight excluding hydrogens is 496 g/mol. The molecule has 190 valence electrons. The number of hydrogen-bond acceptors (Lipinski definition) is 1. The van der Waals surface area contributed by atoms with Crippen molar-refractivity contribution in [3.63, 3.8) is 0 Å². The fourth-order valence-corrected chi connectivity index (χ4v) is 6.65. The van der Waals surface area contributed by atoms with Crippen LogP contribution in [0.2, 0.25) is 0 Å². The fraction of sp³-hybridized carbons (Fsp3) is 0. The second-order valence-electron chi connectivity index (χ2n) is 10.8. The number of hydrogen-bond donors (Lipinski definition) is 0. The molecule has 0 unspecified atom stereocenters. The number of benzene rings is 7. The number of fused-ring (bicyclic) bond motifs is 10. The summed E-state index contributed by atoms with van der Waals surface area (Å²) in [5.74, 6) is 0. The maximum Gasteiger partial charge on any atom is 0.0794 e. The maximum absolute atomic E-state index is 5.28. The average Bonchev–Trinajstić information content (AvgIpc) is 3.38. The third-order valence-electron chi connectivity index (χ3n) is 8.54. The molecule has 0 spiro atoms. The fourth-order valence-electron chi connectivity index (χ4n) is 6.65. The highest BCUT2D eigenvalue weighted by Crippen LogP contribution is 2.36. The Morgan fingerprint density at radius 2 is 0.927 bits per heavy atom. The van der Waals surface area contributed by atoms with Gasteiger partial charge in [-0.15, -0.1) is 0 Å². The Kier molecular flexibility index (Phi) is 4.64. The Morgan fingerprint density at radius 3 is 1.61 bits per heavy atom. The molecule has 0 fully saturated rings. The van der Waals surface area contributed by atoms with Gasteiger partial charge in [0.25, 0.3) is 0 Å². The van der Waals surface area contributed by atoms with E-state index < -0.39 is 0 Å². The molecule has 2 heterocycles. The number of rotatable bonds is 2. The predicted octanol–water partition coefficient (Wildman–Crippen LogP) is 10.5. The Bertz CT molecular complexity index is 2390. The van der Waals surface area contributed by atoms with Crippen LogP contribution in [-0.4, -0.2) is 9.55 Å². The molecule has 0 radical (unpaired) electrons. The SMILES string of the molecule is c1ccc2c(c1)c1ccccc1c1nc(-c3ccc4ccc(-n5c6ccccc6c6ccccc65)cc4c3)ccc21. The predicted molar refractivity (Wildman–Crippen MR) is 174 cm³/mol. The minimum absolute atomic E-state index is 0.988. The normalized spacial score (nSPS) is 11.9. The van der Waals surface area contributed by atoms with Crippen molar-refractivity contribution in [1.82, 2.24) is 9.55 Å². The molecule has 2 aromatic heterocycles. The van der Waals surface area contributed by atoms with Gasteiger partial charge in [0.1, 0.15) is 0 Å². The van der Waals surface area contributed by atoms with E-state index in [4.69, 9.17) is 4.98 Å². The van der Waals surface area contributed by atoms with Gasteiger partial charge in [-0.2, -0.15) is 0 Å². The highest BCUT2D eigenvalue weighted by Gasteiger charge is 2.13. The van der Waals surface area contributed by atoms with Gasteiger partial charge in [0.15, 0.2) is 0 Å². The first-order chi connectivity index (χ1) is 20.3. The van der Waals surface area contributed by atoms with Gasteiger partial charge in [-0.1, -0.05) is 103 Å². The number of nitrogens with zero attached hydrogens (tertiary/aromatic N) is 2. The van der Waals surface area contributed by atoms with Crippen LogP contribution in [-0.2, 0) is 0 Å². The van der Waals surface area contributed by atoms with Gasteiger partial charge in [-0.25, -0.2) is 4.98 Å². The largest absolute Gasteiger partial charge is 0.309 e. The molecule has 41 heavy (non-hydrogen) atoms. The average molecular weight is 521 g/mol. The van der Waals surface area contributed by atoms with Crippen molar-refractivity contribution in [2.45, 2.75) is 0 Å². The topological polar surface area (TPSA) is 17.8 Å². The van der Waals surface area contributed by atoms with Crippen LogP contribution in [0.3, 0.4) is 0 Å². The Morgan fingerprint density at radius 1 is 0.390 bits per heavy atom. The molecule has 0 aliphatic rings. The lowest BCUT2D eigenvalue weighted by Gasteiger charge is -2.12. The van der Waals surface area contributed by atoms with E-state index in [1.165, 1.54) is 59.5 Å². The lowest BCUT2D eigenvalue weighted by Crippen LogP contribution is -1.94. The lowest BCUT2D eigenvalue weighted by molar-refractivity contribution is 1.19. The summed E-state index contributed by atoms with van der Waals surface area (Å²) in [5, 5.41) is 11.1. The van der Waals surface area contributed by atoms with E-state index in [2.05, 4.69) is 150 Å². The van der Waals surface area contributed by atoms with Crippen LogP contribution in [0.1, 0.15) is 0 Å². The highest BCUT2D eigenvalue weighted by molar-refractivity contribution is 6.24. The summed E-state index contributed by atoms with van der Waals surface area (Å²) in [6.07, 6.45) is 0. The molecule has 0 aliphatic carbocycles. The van der Waals surface area contributed by atoms with E-state index in [0.717, 1.165) is 22.5 Å². The van der Waals surface area contributed by atoms with Crippen molar-refractivity contribution in [3.8, 4) is 16.9 Å². The third-order valence-corrected chi connectivity index (χ3v) is 8.54. The standard InChI is InChI=1S/C39H24N2/c1-2-11-31-29(9-1)30-10-3-4-14-34(30)39-35(31)21-22-36(40-39)26-18-17-25-19-20-28(24-27(25)23-26)41-37-15-7-5-12-32(37)33-13-6-8-16-38(33)41/h1-24H. The zero-order chi connectivity index (χ0) is 26.9. The Labute approximate surface area is 236 Å². The van der Waals surface area contributed by atoms with E-state index in [9.17, 15) is 0 Å². The molecule has 0 saturated heterocycles. The monoisotopic (exact) mass is 520 g/mol. The Hall–Kier alpha value is -5.47. The molecule has 2 heteroatoms. The summed E-state index contributed by atoms with van der Waals surface area (Å²) in [7, 11) is 0. The van der Waals surface area contributed by atoms with Gasteiger partial charge in [0.2, 0.25) is 0 Å². The summed E-state index contributed by atoms with van der Waals surface area (Å²) in [6.45, 7) is 0. The Balaban J connectivity index is 1.25. The second kappa shape index (κ2) is 8.51. The van der Waals surface area contributed by atoms with Gasteiger partial charge in [-0.05, 0) is 69.4 Å². The van der Waals surface area contributed by atoms with Gasteiger partial charge in [0.05, 0.1) is 22.2 Å². The van der Waals surface area contributed by atoms with Crippen LogP contribution in [0, 0.1) is 0 Å². The van der Waals surface area contributed by atoms with Gasteiger partial charge < -0.3 is 4.57 Å². The summed E-state index contributed by atoms with van der Waals surface area (Å²) in [6, 6.07) is 52.5. The molecule has 7 aromatic carbocycles. The highest BCUT2D eigenvalue weighted by atomic mass is 15.0. The summed E-state index contributed by atoms with van der Waals surface area (Å²) >= 11 is 0. The van der Waals surface area contributed by atoms with Crippen LogP contribution in [0.15, 0.2) is 146 Å². The first kappa shape index (κ1) is 22.4. The first-order valence-electron chi connectivity index (χ1n) is 14.1. The molecule has 0 saturated carbocycles. The van der Waals surface area contributed by atoms with E-state index in [0.29, 0.717) is 0 Å². The summed E-state index contributed by atoms with van der Waals surface area (Å²) in [5.41, 5.74) is 6.77.